The topological polar surface area (TPSA) is 29.1 Å². The highest BCUT2D eigenvalue weighted by Gasteiger charge is 2.45. The Kier molecular flexibility index (Phi) is 1.22. The number of amides is 1. The third-order valence-electron chi connectivity index (χ3n) is 2.65. The van der Waals surface area contributed by atoms with Gasteiger partial charge in [-0.2, -0.15) is 0 Å². The monoisotopic (exact) mass is 139 g/mol. The van der Waals surface area contributed by atoms with Crippen molar-refractivity contribution in [1.29, 1.82) is 0 Å². The predicted molar refractivity (Wildman–Crippen MR) is 38.4 cm³/mol. The molecule has 56 valence electrons. The standard InChI is InChI=1S/C8H13NO/c1-5(10)9-8-3-6-2-7(6)4-8/h6-8H,2-4H2,1H3,(H,9,10). The summed E-state index contributed by atoms with van der Waals surface area (Å²) in [5, 5.41) is 2.96. The Morgan fingerprint density at radius 3 is 2.40 bits per heavy atom. The molecule has 2 aliphatic rings. The van der Waals surface area contributed by atoms with Gasteiger partial charge in [-0.05, 0) is 31.1 Å². The van der Waals surface area contributed by atoms with E-state index < -0.39 is 0 Å². The molecule has 0 aromatic carbocycles. The van der Waals surface area contributed by atoms with Crippen molar-refractivity contribution in [1.82, 2.24) is 5.32 Å². The second-order valence-corrected chi connectivity index (χ2v) is 3.62. The molecule has 2 heteroatoms. The van der Waals surface area contributed by atoms with Crippen LogP contribution in [-0.4, -0.2) is 11.9 Å². The lowest BCUT2D eigenvalue weighted by atomic mass is 10.1. The fourth-order valence-electron chi connectivity index (χ4n) is 2.12. The average Bonchev–Trinajstić information content (AvgIpc) is 2.39. The number of carbonyl (C=O) groups excluding carboxylic acids is 1. The summed E-state index contributed by atoms with van der Waals surface area (Å²) in [6.45, 7) is 1.60. The van der Waals surface area contributed by atoms with E-state index in [-0.39, 0.29) is 5.91 Å². The SMILES string of the molecule is CC(=O)NC1CC2CC2C1. The summed E-state index contributed by atoms with van der Waals surface area (Å²) in [7, 11) is 0. The highest BCUT2D eigenvalue weighted by molar-refractivity contribution is 5.73. The normalized spacial score (nSPS) is 42.7. The van der Waals surface area contributed by atoms with Crippen LogP contribution in [-0.2, 0) is 4.79 Å². The Hall–Kier alpha value is -0.530. The van der Waals surface area contributed by atoms with Crippen LogP contribution in [0.5, 0.6) is 0 Å². The van der Waals surface area contributed by atoms with Crippen LogP contribution in [0.4, 0.5) is 0 Å². The first-order valence-corrected chi connectivity index (χ1v) is 4.03. The summed E-state index contributed by atoms with van der Waals surface area (Å²) in [6, 6.07) is 0.515. The van der Waals surface area contributed by atoms with Crippen molar-refractivity contribution in [3.05, 3.63) is 0 Å². The number of nitrogens with one attached hydrogen (secondary N) is 1. The van der Waals surface area contributed by atoms with E-state index in [1.807, 2.05) is 0 Å². The van der Waals surface area contributed by atoms with Gasteiger partial charge in [-0.1, -0.05) is 0 Å². The minimum absolute atomic E-state index is 0.131. The molecule has 2 fully saturated rings. The van der Waals surface area contributed by atoms with Crippen LogP contribution in [0.15, 0.2) is 0 Å². The molecule has 2 nitrogen and oxygen atoms in total. The minimum Gasteiger partial charge on any atom is -0.354 e. The van der Waals surface area contributed by atoms with Crippen molar-refractivity contribution < 1.29 is 4.79 Å². The van der Waals surface area contributed by atoms with Crippen LogP contribution in [0.25, 0.3) is 0 Å². The first-order chi connectivity index (χ1) is 4.75. The highest BCUT2D eigenvalue weighted by atomic mass is 16.1. The second kappa shape index (κ2) is 1.97. The first kappa shape index (κ1) is 6.20. The van der Waals surface area contributed by atoms with E-state index in [1.54, 1.807) is 6.92 Å². The van der Waals surface area contributed by atoms with Gasteiger partial charge in [-0.3, -0.25) is 4.79 Å². The lowest BCUT2D eigenvalue weighted by Crippen LogP contribution is -2.31. The number of rotatable bonds is 1. The Morgan fingerprint density at radius 1 is 1.30 bits per heavy atom. The summed E-state index contributed by atoms with van der Waals surface area (Å²) in [6.07, 6.45) is 3.91. The molecule has 2 atom stereocenters. The second-order valence-electron chi connectivity index (χ2n) is 3.62. The summed E-state index contributed by atoms with van der Waals surface area (Å²) in [5.41, 5.74) is 0. The zero-order chi connectivity index (χ0) is 7.14. The fraction of sp³-hybridized carbons (Fsp3) is 0.875. The van der Waals surface area contributed by atoms with Gasteiger partial charge >= 0.3 is 0 Å². The molecule has 0 aromatic heterocycles. The van der Waals surface area contributed by atoms with E-state index in [0.717, 1.165) is 11.8 Å². The smallest absolute Gasteiger partial charge is 0.217 e. The van der Waals surface area contributed by atoms with Crippen LogP contribution >= 0.6 is 0 Å². The van der Waals surface area contributed by atoms with Crippen LogP contribution in [0.2, 0.25) is 0 Å². The van der Waals surface area contributed by atoms with Crippen molar-refractivity contribution in [2.45, 2.75) is 32.2 Å². The Balaban J connectivity index is 1.80. The van der Waals surface area contributed by atoms with Gasteiger partial charge in [-0.25, -0.2) is 0 Å². The molecule has 0 aliphatic heterocycles. The van der Waals surface area contributed by atoms with Gasteiger partial charge in [0, 0.05) is 13.0 Å². The van der Waals surface area contributed by atoms with Crippen LogP contribution in [0.3, 0.4) is 0 Å². The van der Waals surface area contributed by atoms with Gasteiger partial charge in [0.15, 0.2) is 0 Å². The quantitative estimate of drug-likeness (QED) is 0.575. The van der Waals surface area contributed by atoms with E-state index in [0.29, 0.717) is 6.04 Å². The lowest BCUT2D eigenvalue weighted by molar-refractivity contribution is -0.119. The van der Waals surface area contributed by atoms with Gasteiger partial charge in [0.1, 0.15) is 0 Å². The largest absolute Gasteiger partial charge is 0.354 e. The molecule has 1 amide bonds. The lowest BCUT2D eigenvalue weighted by Gasteiger charge is -2.11. The van der Waals surface area contributed by atoms with E-state index >= 15 is 0 Å². The van der Waals surface area contributed by atoms with Crippen molar-refractivity contribution in [3.8, 4) is 0 Å². The zero-order valence-electron chi connectivity index (χ0n) is 6.26. The van der Waals surface area contributed by atoms with E-state index in [1.165, 1.54) is 19.3 Å². The molecule has 2 aliphatic carbocycles. The molecule has 10 heavy (non-hydrogen) atoms. The summed E-state index contributed by atoms with van der Waals surface area (Å²) in [5.74, 6) is 2.07. The molecule has 2 saturated carbocycles. The van der Waals surface area contributed by atoms with E-state index in [2.05, 4.69) is 5.32 Å². The molecule has 2 rings (SSSR count). The maximum atomic E-state index is 10.6. The number of hydrogen-bond donors (Lipinski definition) is 1. The van der Waals surface area contributed by atoms with Crippen molar-refractivity contribution >= 4 is 5.91 Å². The maximum Gasteiger partial charge on any atom is 0.217 e. The van der Waals surface area contributed by atoms with Gasteiger partial charge < -0.3 is 5.32 Å². The van der Waals surface area contributed by atoms with Gasteiger partial charge in [0.05, 0.1) is 0 Å². The van der Waals surface area contributed by atoms with Crippen LogP contribution in [0, 0.1) is 11.8 Å². The van der Waals surface area contributed by atoms with E-state index in [9.17, 15) is 4.79 Å². The third kappa shape index (κ3) is 1.02. The first-order valence-electron chi connectivity index (χ1n) is 4.03. The highest BCUT2D eigenvalue weighted by Crippen LogP contribution is 2.51. The van der Waals surface area contributed by atoms with Crippen molar-refractivity contribution in [2.24, 2.45) is 11.8 Å². The maximum absolute atomic E-state index is 10.6. The molecule has 0 radical (unpaired) electrons. The van der Waals surface area contributed by atoms with Gasteiger partial charge in [0.2, 0.25) is 5.91 Å². The molecule has 0 heterocycles. The van der Waals surface area contributed by atoms with Gasteiger partial charge in [0.25, 0.3) is 0 Å². The summed E-state index contributed by atoms with van der Waals surface area (Å²) < 4.78 is 0. The number of hydrogen-bond acceptors (Lipinski definition) is 1. The molecule has 0 aromatic rings. The molecule has 0 bridgehead atoms. The summed E-state index contributed by atoms with van der Waals surface area (Å²) >= 11 is 0. The Morgan fingerprint density at radius 2 is 1.90 bits per heavy atom. The number of fused-ring (bicyclic) bond motifs is 1. The molecule has 2 unspecified atom stereocenters. The minimum atomic E-state index is 0.131. The fourth-order valence-corrected chi connectivity index (χ4v) is 2.12. The Labute approximate surface area is 61.0 Å². The van der Waals surface area contributed by atoms with Gasteiger partial charge in [-0.15, -0.1) is 0 Å². The molecular formula is C8H13NO. The zero-order valence-corrected chi connectivity index (χ0v) is 6.26. The van der Waals surface area contributed by atoms with Crippen molar-refractivity contribution in [2.75, 3.05) is 0 Å². The van der Waals surface area contributed by atoms with Crippen LogP contribution < -0.4 is 5.32 Å². The molecule has 0 spiro atoms. The van der Waals surface area contributed by atoms with E-state index in [4.69, 9.17) is 0 Å². The number of carbonyl (C=O) groups is 1. The predicted octanol–water partition coefficient (Wildman–Crippen LogP) is 0.921. The van der Waals surface area contributed by atoms with Crippen LogP contribution in [0.1, 0.15) is 26.2 Å². The average molecular weight is 139 g/mol. The summed E-state index contributed by atoms with van der Waals surface area (Å²) in [4.78, 5) is 10.6. The molecule has 0 saturated heterocycles. The Bertz CT molecular complexity index is 157. The third-order valence-corrected chi connectivity index (χ3v) is 2.65. The molecule has 1 N–H and O–H groups in total. The van der Waals surface area contributed by atoms with Crippen molar-refractivity contribution in [3.63, 3.8) is 0 Å². The molecular weight excluding hydrogens is 126 g/mol.